The SMILES string of the molecule is CC(C)[C@H](N)C(=O)N(C(=O)CCc1ccccc1)[C@@H](C)C(=O)NC(C(C(=O)O)C(C)(C)C)C(O)C(F)(F)CCc1ccccc1. The van der Waals surface area contributed by atoms with E-state index >= 15 is 8.78 Å². The van der Waals surface area contributed by atoms with Gasteiger partial charge in [-0.05, 0) is 42.2 Å². The summed E-state index contributed by atoms with van der Waals surface area (Å²) in [6, 6.07) is 12.8. The van der Waals surface area contributed by atoms with E-state index in [0.717, 1.165) is 5.56 Å². The van der Waals surface area contributed by atoms with Crippen LogP contribution in [-0.2, 0) is 32.0 Å². The van der Waals surface area contributed by atoms with E-state index in [1.807, 2.05) is 6.07 Å². The highest BCUT2D eigenvalue weighted by atomic mass is 19.3. The molecule has 0 aliphatic rings. The molecule has 2 aromatic rings. The quantitative estimate of drug-likeness (QED) is 0.230. The molecule has 0 saturated heterocycles. The molecule has 9 nitrogen and oxygen atoms in total. The van der Waals surface area contributed by atoms with E-state index in [4.69, 9.17) is 5.73 Å². The normalized spacial score (nSPS) is 15.4. The van der Waals surface area contributed by atoms with Crippen LogP contribution in [0.4, 0.5) is 8.78 Å². The number of amides is 3. The van der Waals surface area contributed by atoms with Gasteiger partial charge in [-0.1, -0.05) is 95.3 Å². The Morgan fingerprint density at radius 3 is 1.82 bits per heavy atom. The van der Waals surface area contributed by atoms with Crippen LogP contribution >= 0.6 is 0 Å². The largest absolute Gasteiger partial charge is 0.481 e. The number of aliphatic hydroxyl groups excluding tert-OH is 1. The molecule has 0 spiro atoms. The molecule has 0 fully saturated rings. The molecule has 5 atom stereocenters. The van der Waals surface area contributed by atoms with Crippen molar-refractivity contribution in [3.05, 3.63) is 71.8 Å². The first-order chi connectivity index (χ1) is 20.9. The first kappa shape index (κ1) is 37.5. The third kappa shape index (κ3) is 10.4. The Bertz CT molecular complexity index is 1280. The number of aliphatic hydroxyl groups is 1. The number of carboxylic acids is 1. The lowest BCUT2D eigenvalue weighted by molar-refractivity contribution is -0.165. The van der Waals surface area contributed by atoms with E-state index in [0.29, 0.717) is 10.5 Å². The number of imide groups is 1. The molecule has 0 aliphatic carbocycles. The number of aliphatic carboxylic acids is 1. The van der Waals surface area contributed by atoms with Crippen molar-refractivity contribution in [1.29, 1.82) is 0 Å². The first-order valence-corrected chi connectivity index (χ1v) is 15.2. The van der Waals surface area contributed by atoms with Crippen LogP contribution < -0.4 is 11.1 Å². The lowest BCUT2D eigenvalue weighted by Crippen LogP contribution is -2.63. The second-order valence-electron chi connectivity index (χ2n) is 12.9. The Morgan fingerprint density at radius 2 is 1.38 bits per heavy atom. The summed E-state index contributed by atoms with van der Waals surface area (Å²) in [5.74, 6) is -10.00. The second kappa shape index (κ2) is 16.0. The molecular formula is C34H47F2N3O6. The fourth-order valence-corrected chi connectivity index (χ4v) is 5.17. The van der Waals surface area contributed by atoms with Crippen LogP contribution in [0.3, 0.4) is 0 Å². The van der Waals surface area contributed by atoms with Crippen molar-refractivity contribution in [3.8, 4) is 0 Å². The van der Waals surface area contributed by atoms with Gasteiger partial charge >= 0.3 is 5.97 Å². The molecule has 0 aromatic heterocycles. The van der Waals surface area contributed by atoms with Crippen molar-refractivity contribution in [2.75, 3.05) is 0 Å². The highest BCUT2D eigenvalue weighted by Gasteiger charge is 2.51. The van der Waals surface area contributed by atoms with Crippen LogP contribution in [-0.4, -0.2) is 69.0 Å². The molecule has 0 heterocycles. The molecule has 2 rings (SSSR count). The minimum Gasteiger partial charge on any atom is -0.481 e. The van der Waals surface area contributed by atoms with E-state index in [2.05, 4.69) is 5.32 Å². The maximum Gasteiger partial charge on any atom is 0.309 e. The molecule has 0 bridgehead atoms. The number of halogens is 2. The van der Waals surface area contributed by atoms with Crippen molar-refractivity contribution in [2.45, 2.75) is 97.4 Å². The number of hydrogen-bond acceptors (Lipinski definition) is 6. The van der Waals surface area contributed by atoms with E-state index in [-0.39, 0.29) is 19.3 Å². The van der Waals surface area contributed by atoms with Crippen LogP contribution in [0.25, 0.3) is 0 Å². The molecule has 0 aliphatic heterocycles. The van der Waals surface area contributed by atoms with Gasteiger partial charge < -0.3 is 21.3 Å². The number of nitrogens with one attached hydrogen (secondary N) is 1. The molecule has 0 radical (unpaired) electrons. The molecule has 248 valence electrons. The second-order valence-corrected chi connectivity index (χ2v) is 12.9. The van der Waals surface area contributed by atoms with Gasteiger partial charge in [-0.25, -0.2) is 8.78 Å². The summed E-state index contributed by atoms with van der Waals surface area (Å²) in [4.78, 5) is 53.7. The summed E-state index contributed by atoms with van der Waals surface area (Å²) >= 11 is 0. The number of carbonyl (C=O) groups is 4. The summed E-state index contributed by atoms with van der Waals surface area (Å²) in [5, 5.41) is 23.5. The zero-order valence-electron chi connectivity index (χ0n) is 26.9. The minimum atomic E-state index is -3.81. The number of carbonyl (C=O) groups excluding carboxylic acids is 3. The smallest absolute Gasteiger partial charge is 0.309 e. The number of nitrogens with two attached hydrogens (primary N) is 1. The summed E-state index contributed by atoms with van der Waals surface area (Å²) in [7, 11) is 0. The fraction of sp³-hybridized carbons (Fsp3) is 0.529. The number of benzene rings is 2. The molecule has 5 N–H and O–H groups in total. The van der Waals surface area contributed by atoms with Gasteiger partial charge in [0.05, 0.1) is 18.0 Å². The summed E-state index contributed by atoms with van der Waals surface area (Å²) in [6.45, 7) is 9.06. The predicted octanol–water partition coefficient (Wildman–Crippen LogP) is 4.21. The lowest BCUT2D eigenvalue weighted by atomic mass is 9.73. The van der Waals surface area contributed by atoms with Gasteiger partial charge in [-0.15, -0.1) is 0 Å². The Labute approximate surface area is 264 Å². The van der Waals surface area contributed by atoms with Crippen LogP contribution in [0.15, 0.2) is 60.7 Å². The minimum absolute atomic E-state index is 0.111. The van der Waals surface area contributed by atoms with Crippen molar-refractivity contribution >= 4 is 23.7 Å². The van der Waals surface area contributed by atoms with Crippen molar-refractivity contribution in [2.24, 2.45) is 23.0 Å². The van der Waals surface area contributed by atoms with Crippen LogP contribution in [0, 0.1) is 17.3 Å². The molecular weight excluding hydrogens is 584 g/mol. The van der Waals surface area contributed by atoms with Gasteiger partial charge in [0, 0.05) is 12.8 Å². The Morgan fingerprint density at radius 1 is 0.889 bits per heavy atom. The number of hydrogen-bond donors (Lipinski definition) is 4. The molecule has 11 heteroatoms. The van der Waals surface area contributed by atoms with E-state index in [1.165, 1.54) is 27.7 Å². The van der Waals surface area contributed by atoms with Crippen LogP contribution in [0.5, 0.6) is 0 Å². The van der Waals surface area contributed by atoms with Gasteiger partial charge in [-0.2, -0.15) is 0 Å². The van der Waals surface area contributed by atoms with E-state index in [1.54, 1.807) is 68.4 Å². The maximum atomic E-state index is 15.6. The summed E-state index contributed by atoms with van der Waals surface area (Å²) < 4.78 is 31.1. The van der Waals surface area contributed by atoms with Gasteiger partial charge in [0.25, 0.3) is 5.92 Å². The molecule has 3 amide bonds. The average Bonchev–Trinajstić information content (AvgIpc) is 2.97. The van der Waals surface area contributed by atoms with Gasteiger partial charge in [0.15, 0.2) is 0 Å². The Balaban J connectivity index is 2.43. The predicted molar refractivity (Wildman–Crippen MR) is 167 cm³/mol. The Kier molecular flexibility index (Phi) is 13.4. The summed E-state index contributed by atoms with van der Waals surface area (Å²) in [5.41, 5.74) is 6.30. The van der Waals surface area contributed by atoms with Crippen molar-refractivity contribution in [3.63, 3.8) is 0 Å². The Hall–Kier alpha value is -3.70. The molecule has 0 saturated carbocycles. The number of carboxylic acid groups (broad SMARTS) is 1. The first-order valence-electron chi connectivity index (χ1n) is 15.2. The topological polar surface area (TPSA) is 150 Å². The maximum absolute atomic E-state index is 15.6. The lowest BCUT2D eigenvalue weighted by Gasteiger charge is -2.40. The average molecular weight is 632 g/mol. The fourth-order valence-electron chi connectivity index (χ4n) is 5.17. The monoisotopic (exact) mass is 631 g/mol. The highest BCUT2D eigenvalue weighted by molar-refractivity contribution is 6.02. The number of nitrogens with zero attached hydrogens (tertiary/aromatic N) is 1. The summed E-state index contributed by atoms with van der Waals surface area (Å²) in [6.07, 6.45) is -3.42. The van der Waals surface area contributed by atoms with Crippen LogP contribution in [0.2, 0.25) is 0 Å². The number of alkyl halides is 2. The third-order valence-electron chi connectivity index (χ3n) is 7.98. The van der Waals surface area contributed by atoms with Crippen molar-refractivity contribution in [1.82, 2.24) is 10.2 Å². The highest BCUT2D eigenvalue weighted by Crippen LogP contribution is 2.36. The zero-order chi connectivity index (χ0) is 34.1. The number of aryl methyl sites for hydroxylation is 2. The van der Waals surface area contributed by atoms with Crippen LogP contribution in [0.1, 0.15) is 65.5 Å². The third-order valence-corrected chi connectivity index (χ3v) is 7.98. The van der Waals surface area contributed by atoms with Gasteiger partial charge in [-0.3, -0.25) is 24.1 Å². The van der Waals surface area contributed by atoms with Crippen molar-refractivity contribution < 1.29 is 38.2 Å². The zero-order valence-corrected chi connectivity index (χ0v) is 26.9. The molecule has 3 unspecified atom stereocenters. The van der Waals surface area contributed by atoms with Gasteiger partial charge in [0.1, 0.15) is 12.1 Å². The molecule has 2 aromatic carbocycles. The van der Waals surface area contributed by atoms with E-state index < -0.39 is 77.5 Å². The van der Waals surface area contributed by atoms with Gasteiger partial charge in [0.2, 0.25) is 17.7 Å². The number of rotatable bonds is 15. The van der Waals surface area contributed by atoms with E-state index in [9.17, 15) is 29.4 Å². The molecule has 45 heavy (non-hydrogen) atoms. The standard InChI is InChI=1S/C34H47F2N3O6/c1-21(2)27(37)31(43)39(25(40)18-17-23-13-9-7-10-14-23)22(3)30(42)38-28(26(32(44)45)33(4,5)6)29(41)34(35,36)20-19-24-15-11-8-12-16-24/h7-16,21-22,26-29,41H,17-20,37H2,1-6H3,(H,38,42)(H,44,45)/t22-,26?,27-,28?,29?/m0/s1.